The lowest BCUT2D eigenvalue weighted by molar-refractivity contribution is -0.137. The minimum Gasteiger partial charge on any atom is -0.383 e. The number of rotatable bonds is 4. The van der Waals surface area contributed by atoms with Crippen molar-refractivity contribution in [2.45, 2.75) is 64.8 Å². The van der Waals surface area contributed by atoms with Gasteiger partial charge in [0.2, 0.25) is 11.8 Å². The van der Waals surface area contributed by atoms with Gasteiger partial charge in [-0.25, -0.2) is 0 Å². The van der Waals surface area contributed by atoms with Crippen molar-refractivity contribution in [3.63, 3.8) is 0 Å². The van der Waals surface area contributed by atoms with Crippen LogP contribution in [0.5, 0.6) is 0 Å². The summed E-state index contributed by atoms with van der Waals surface area (Å²) in [7, 11) is 0. The zero-order chi connectivity index (χ0) is 25.0. The molecule has 0 aliphatic carbocycles. The second-order valence-electron chi connectivity index (χ2n) is 10.8. The Hall–Kier alpha value is -3.10. The average Bonchev–Trinajstić information content (AvgIpc) is 3.13. The first-order valence-corrected chi connectivity index (χ1v) is 12.2. The summed E-state index contributed by atoms with van der Waals surface area (Å²) in [5.74, 6) is -1.01. The molecule has 5 rings (SSSR count). The molecule has 0 spiro atoms. The van der Waals surface area contributed by atoms with E-state index in [1.54, 1.807) is 12.1 Å². The van der Waals surface area contributed by atoms with Gasteiger partial charge in [0, 0.05) is 31.5 Å². The zero-order valence-electron chi connectivity index (χ0n) is 20.5. The number of fused-ring (bicyclic) bond motifs is 1. The van der Waals surface area contributed by atoms with Crippen molar-refractivity contribution in [3.8, 4) is 0 Å². The van der Waals surface area contributed by atoms with Crippen molar-refractivity contribution in [1.29, 1.82) is 0 Å². The lowest BCUT2D eigenvalue weighted by atomic mass is 9.68. The third-order valence-corrected chi connectivity index (χ3v) is 7.85. The van der Waals surface area contributed by atoms with Crippen LogP contribution < -0.4 is 5.32 Å². The topological polar surface area (TPSA) is 103 Å². The van der Waals surface area contributed by atoms with Crippen LogP contribution in [-0.2, 0) is 28.3 Å². The summed E-state index contributed by atoms with van der Waals surface area (Å²) < 4.78 is 0. The van der Waals surface area contributed by atoms with E-state index in [0.29, 0.717) is 36.3 Å². The maximum Gasteiger partial charge on any atom is 0.256 e. The quantitative estimate of drug-likeness (QED) is 0.657. The highest BCUT2D eigenvalue weighted by Gasteiger charge is 2.50. The number of piperidine rings is 2. The van der Waals surface area contributed by atoms with E-state index < -0.39 is 23.0 Å². The first kappa shape index (κ1) is 23.6. The lowest BCUT2D eigenvalue weighted by Crippen LogP contribution is -2.55. The highest BCUT2D eigenvalue weighted by atomic mass is 16.3. The molecular formula is C27H32N4O4. The minimum absolute atomic E-state index is 0.199. The Morgan fingerprint density at radius 3 is 2.54 bits per heavy atom. The van der Waals surface area contributed by atoms with Crippen LogP contribution in [0.3, 0.4) is 0 Å². The van der Waals surface area contributed by atoms with Gasteiger partial charge >= 0.3 is 0 Å². The monoisotopic (exact) mass is 476 g/mol. The molecule has 184 valence electrons. The van der Waals surface area contributed by atoms with Crippen LogP contribution in [0.25, 0.3) is 0 Å². The van der Waals surface area contributed by atoms with Crippen LogP contribution in [0.15, 0.2) is 36.4 Å². The number of hydrogen-bond donors (Lipinski definition) is 2. The molecule has 2 saturated heterocycles. The van der Waals surface area contributed by atoms with Gasteiger partial charge in [0.1, 0.15) is 11.6 Å². The van der Waals surface area contributed by atoms with E-state index in [4.69, 9.17) is 4.98 Å². The van der Waals surface area contributed by atoms with Crippen LogP contribution in [0.1, 0.15) is 66.0 Å². The Labute approximate surface area is 205 Å². The van der Waals surface area contributed by atoms with Crippen LogP contribution in [-0.4, -0.2) is 56.7 Å². The number of aryl methyl sites for hydroxylation is 1. The number of aliphatic hydroxyl groups is 1. The Balaban J connectivity index is 1.34. The largest absolute Gasteiger partial charge is 0.383 e. The van der Waals surface area contributed by atoms with Gasteiger partial charge in [0.15, 0.2) is 0 Å². The summed E-state index contributed by atoms with van der Waals surface area (Å²) in [6, 6.07) is 11.3. The molecule has 1 aromatic heterocycles. The molecule has 3 aliphatic rings. The molecule has 2 fully saturated rings. The molecule has 3 aliphatic heterocycles. The van der Waals surface area contributed by atoms with Gasteiger partial charge in [0.25, 0.3) is 5.91 Å². The number of carbonyl (C=O) groups excluding carboxylic acids is 3. The van der Waals surface area contributed by atoms with Gasteiger partial charge in [-0.1, -0.05) is 43.7 Å². The number of hydrogen-bond acceptors (Lipinski definition) is 6. The molecule has 2 aromatic rings. The van der Waals surface area contributed by atoms with E-state index in [9.17, 15) is 19.5 Å². The van der Waals surface area contributed by atoms with Crippen molar-refractivity contribution >= 4 is 17.7 Å². The average molecular weight is 477 g/mol. The van der Waals surface area contributed by atoms with Crippen molar-refractivity contribution in [2.75, 3.05) is 13.1 Å². The fourth-order valence-electron chi connectivity index (χ4n) is 5.65. The summed E-state index contributed by atoms with van der Waals surface area (Å²) in [6.45, 7) is 8.66. The van der Waals surface area contributed by atoms with Crippen molar-refractivity contribution in [3.05, 3.63) is 64.5 Å². The first-order valence-electron chi connectivity index (χ1n) is 12.2. The fraction of sp³-hybridized carbons (Fsp3) is 0.481. The summed E-state index contributed by atoms with van der Waals surface area (Å²) >= 11 is 0. The molecule has 35 heavy (non-hydrogen) atoms. The number of nitrogens with one attached hydrogen (secondary N) is 1. The van der Waals surface area contributed by atoms with E-state index in [2.05, 4.69) is 55.3 Å². The summed E-state index contributed by atoms with van der Waals surface area (Å²) in [6.07, 6.45) is 1.05. The van der Waals surface area contributed by atoms with Crippen LogP contribution in [0, 0.1) is 12.3 Å². The van der Waals surface area contributed by atoms with Crippen LogP contribution in [0.4, 0.5) is 0 Å². The number of carbonyl (C=O) groups is 3. The minimum atomic E-state index is -1.14. The smallest absolute Gasteiger partial charge is 0.256 e. The molecular weight excluding hydrogens is 444 g/mol. The van der Waals surface area contributed by atoms with E-state index in [1.165, 1.54) is 16.0 Å². The predicted molar refractivity (Wildman–Crippen MR) is 129 cm³/mol. The molecule has 0 saturated carbocycles. The molecule has 2 N–H and O–H groups in total. The molecule has 8 nitrogen and oxygen atoms in total. The van der Waals surface area contributed by atoms with Crippen molar-refractivity contribution in [1.82, 2.24) is 20.1 Å². The molecule has 8 heteroatoms. The Morgan fingerprint density at radius 1 is 1.11 bits per heavy atom. The number of pyridine rings is 1. The van der Waals surface area contributed by atoms with Crippen LogP contribution >= 0.6 is 0 Å². The second-order valence-corrected chi connectivity index (χ2v) is 10.8. The first-order chi connectivity index (χ1) is 16.6. The molecule has 0 unspecified atom stereocenters. The maximum atomic E-state index is 13.0. The number of nitrogens with zero attached hydrogens (tertiary/aromatic N) is 3. The van der Waals surface area contributed by atoms with Crippen LogP contribution in [0.2, 0.25) is 0 Å². The van der Waals surface area contributed by atoms with Gasteiger partial charge in [-0.3, -0.25) is 29.6 Å². The molecule has 4 heterocycles. The van der Waals surface area contributed by atoms with E-state index in [1.807, 2.05) is 0 Å². The third-order valence-electron chi connectivity index (χ3n) is 7.85. The Morgan fingerprint density at radius 2 is 1.86 bits per heavy atom. The van der Waals surface area contributed by atoms with Crippen molar-refractivity contribution in [2.24, 2.45) is 5.41 Å². The lowest BCUT2D eigenvalue weighted by Gasteiger charge is -2.50. The summed E-state index contributed by atoms with van der Waals surface area (Å²) in [5, 5.41) is 14.2. The van der Waals surface area contributed by atoms with Gasteiger partial charge in [-0.15, -0.1) is 0 Å². The highest BCUT2D eigenvalue weighted by Crippen LogP contribution is 2.46. The third kappa shape index (κ3) is 4.15. The van der Waals surface area contributed by atoms with E-state index in [-0.39, 0.29) is 24.8 Å². The Kier molecular flexibility index (Phi) is 5.76. The number of aromatic nitrogens is 1. The normalized spacial score (nSPS) is 26.6. The standard InChI is InChI=1S/C27H32N4O4/c1-17-4-6-18(7-5-17)14-30-13-12-27(35,26(2,3)16-30)22-10-8-19-20(28-22)15-31(25(19)34)21-9-11-23(32)29-24(21)33/h4-8,10,21,35H,9,11-16H2,1-3H3,(H,29,32,33)/t21-,27+/m1/s1. The molecule has 1 aromatic carbocycles. The maximum absolute atomic E-state index is 13.0. The summed E-state index contributed by atoms with van der Waals surface area (Å²) in [5.41, 5.74) is 2.47. The SMILES string of the molecule is Cc1ccc(CN2CC[C@](O)(c3ccc4c(n3)CN([C@@H]3CCC(=O)NC3=O)C4=O)C(C)(C)C2)cc1. The number of benzene rings is 1. The molecule has 0 radical (unpaired) electrons. The predicted octanol–water partition coefficient (Wildman–Crippen LogP) is 2.27. The van der Waals surface area contributed by atoms with Gasteiger partial charge in [-0.05, 0) is 37.5 Å². The summed E-state index contributed by atoms with van der Waals surface area (Å²) in [4.78, 5) is 45.5. The number of amides is 3. The molecule has 3 amide bonds. The zero-order valence-corrected chi connectivity index (χ0v) is 20.5. The number of likely N-dealkylation sites (tertiary alicyclic amines) is 1. The van der Waals surface area contributed by atoms with Gasteiger partial charge < -0.3 is 10.0 Å². The fourth-order valence-corrected chi connectivity index (χ4v) is 5.65. The van der Waals surface area contributed by atoms with Gasteiger partial charge in [-0.2, -0.15) is 0 Å². The van der Waals surface area contributed by atoms with E-state index in [0.717, 1.165) is 13.1 Å². The molecule has 0 bridgehead atoms. The van der Waals surface area contributed by atoms with E-state index >= 15 is 0 Å². The van der Waals surface area contributed by atoms with Crippen molar-refractivity contribution < 1.29 is 19.5 Å². The second kappa shape index (κ2) is 8.53. The molecule has 2 atom stereocenters. The number of imide groups is 1. The van der Waals surface area contributed by atoms with Gasteiger partial charge in [0.05, 0.1) is 23.5 Å². The Bertz CT molecular complexity index is 1190. The highest BCUT2D eigenvalue weighted by molar-refractivity contribution is 6.05.